The third-order valence-corrected chi connectivity index (χ3v) is 2.89. The van der Waals surface area contributed by atoms with Crippen LogP contribution in [0.2, 0.25) is 0 Å². The minimum absolute atomic E-state index is 0.0463. The minimum Gasteiger partial charge on any atom is -0.257 e. The molecule has 1 aromatic rings. The second-order valence-corrected chi connectivity index (χ2v) is 4.10. The number of hydrogen-bond acceptors (Lipinski definition) is 1. The highest BCUT2D eigenvalue weighted by Crippen LogP contribution is 2.38. The van der Waals surface area contributed by atoms with Gasteiger partial charge >= 0.3 is 0 Å². The van der Waals surface area contributed by atoms with Gasteiger partial charge in [0.2, 0.25) is 0 Å². The Labute approximate surface area is 80.3 Å². The van der Waals surface area contributed by atoms with Crippen molar-refractivity contribution < 1.29 is 0 Å². The maximum Gasteiger partial charge on any atom is 0.113 e. The molecule has 2 heteroatoms. The molecule has 0 unspecified atom stereocenters. The Morgan fingerprint density at radius 1 is 1.31 bits per heavy atom. The smallest absolute Gasteiger partial charge is 0.113 e. The first-order valence-corrected chi connectivity index (χ1v) is 4.47. The molecule has 2 radical (unpaired) electrons. The molecule has 2 rings (SSSR count). The third-order valence-electron chi connectivity index (χ3n) is 2.89. The molecular formula is C11H12BN. The molecule has 13 heavy (non-hydrogen) atoms. The Morgan fingerprint density at radius 3 is 2.69 bits per heavy atom. The van der Waals surface area contributed by atoms with Gasteiger partial charge in [0.25, 0.3) is 0 Å². The monoisotopic (exact) mass is 169 g/mol. The first-order chi connectivity index (χ1) is 6.01. The van der Waals surface area contributed by atoms with E-state index in [1.54, 1.807) is 0 Å². The van der Waals surface area contributed by atoms with E-state index in [0.29, 0.717) is 0 Å². The SMILES string of the molecule is [B]c1ccc2c(c1)C(C)(C)C(C)=N2. The summed E-state index contributed by atoms with van der Waals surface area (Å²) in [5.74, 6) is 0. The second kappa shape index (κ2) is 2.47. The highest BCUT2D eigenvalue weighted by molar-refractivity contribution is 6.32. The number of nitrogens with zero attached hydrogens (tertiary/aromatic N) is 1. The van der Waals surface area contributed by atoms with Gasteiger partial charge in [-0.3, -0.25) is 4.99 Å². The molecule has 1 aliphatic heterocycles. The maximum absolute atomic E-state index is 5.75. The van der Waals surface area contributed by atoms with Crippen molar-refractivity contribution in [3.05, 3.63) is 23.8 Å². The zero-order chi connectivity index (χ0) is 9.64. The van der Waals surface area contributed by atoms with Crippen molar-refractivity contribution in [3.8, 4) is 0 Å². The van der Waals surface area contributed by atoms with E-state index in [2.05, 4.69) is 25.8 Å². The molecule has 0 saturated heterocycles. The van der Waals surface area contributed by atoms with Crippen molar-refractivity contribution in [1.29, 1.82) is 0 Å². The molecule has 0 bridgehead atoms. The van der Waals surface area contributed by atoms with Gasteiger partial charge in [-0.2, -0.15) is 0 Å². The lowest BCUT2D eigenvalue weighted by Gasteiger charge is -2.20. The molecule has 0 spiro atoms. The van der Waals surface area contributed by atoms with Crippen LogP contribution in [0, 0.1) is 0 Å². The summed E-state index contributed by atoms with van der Waals surface area (Å²) in [6.07, 6.45) is 0. The molecule has 0 aromatic heterocycles. The van der Waals surface area contributed by atoms with E-state index < -0.39 is 0 Å². The van der Waals surface area contributed by atoms with Crippen molar-refractivity contribution in [2.24, 2.45) is 4.99 Å². The van der Waals surface area contributed by atoms with Gasteiger partial charge in [-0.05, 0) is 18.6 Å². The van der Waals surface area contributed by atoms with E-state index in [0.717, 1.165) is 16.9 Å². The van der Waals surface area contributed by atoms with Gasteiger partial charge in [0.05, 0.1) is 5.69 Å². The van der Waals surface area contributed by atoms with Gasteiger partial charge in [0, 0.05) is 11.1 Å². The number of rotatable bonds is 0. The quantitative estimate of drug-likeness (QED) is 0.525. The Bertz CT molecular complexity index is 391. The van der Waals surface area contributed by atoms with Crippen molar-refractivity contribution in [1.82, 2.24) is 0 Å². The average molecular weight is 169 g/mol. The molecule has 0 fully saturated rings. The second-order valence-electron chi connectivity index (χ2n) is 4.10. The summed E-state index contributed by atoms with van der Waals surface area (Å²) in [4.78, 5) is 4.51. The summed E-state index contributed by atoms with van der Waals surface area (Å²) in [7, 11) is 5.75. The normalized spacial score (nSPS) is 18.2. The molecule has 1 heterocycles. The highest BCUT2D eigenvalue weighted by atomic mass is 14.8. The van der Waals surface area contributed by atoms with E-state index in [1.165, 1.54) is 5.56 Å². The molecular weight excluding hydrogens is 157 g/mol. The summed E-state index contributed by atoms with van der Waals surface area (Å²) >= 11 is 0. The van der Waals surface area contributed by atoms with Crippen LogP contribution in [0.15, 0.2) is 23.2 Å². The average Bonchev–Trinajstić information content (AvgIpc) is 2.27. The summed E-state index contributed by atoms with van der Waals surface area (Å²) in [6.45, 7) is 6.42. The van der Waals surface area contributed by atoms with Crippen molar-refractivity contribution >= 4 is 24.7 Å². The Morgan fingerprint density at radius 2 is 2.00 bits per heavy atom. The van der Waals surface area contributed by atoms with Crippen LogP contribution >= 0.6 is 0 Å². The molecule has 64 valence electrons. The van der Waals surface area contributed by atoms with Crippen LogP contribution in [0.1, 0.15) is 26.3 Å². The van der Waals surface area contributed by atoms with Crippen LogP contribution in [0.5, 0.6) is 0 Å². The van der Waals surface area contributed by atoms with Gasteiger partial charge in [-0.1, -0.05) is 31.4 Å². The zero-order valence-electron chi connectivity index (χ0n) is 8.26. The third kappa shape index (κ3) is 1.12. The van der Waals surface area contributed by atoms with Crippen LogP contribution in [-0.4, -0.2) is 13.6 Å². The summed E-state index contributed by atoms with van der Waals surface area (Å²) in [6, 6.07) is 5.91. The fourth-order valence-electron chi connectivity index (χ4n) is 1.67. The summed E-state index contributed by atoms with van der Waals surface area (Å²) in [5.41, 5.74) is 4.33. The van der Waals surface area contributed by atoms with Gasteiger partial charge < -0.3 is 0 Å². The van der Waals surface area contributed by atoms with E-state index >= 15 is 0 Å². The molecule has 0 amide bonds. The zero-order valence-corrected chi connectivity index (χ0v) is 8.26. The maximum atomic E-state index is 5.75. The largest absolute Gasteiger partial charge is 0.257 e. The van der Waals surface area contributed by atoms with E-state index in [9.17, 15) is 0 Å². The molecule has 1 aliphatic rings. The minimum atomic E-state index is 0.0463. The first kappa shape index (κ1) is 8.55. The van der Waals surface area contributed by atoms with E-state index in [4.69, 9.17) is 7.85 Å². The topological polar surface area (TPSA) is 12.4 Å². The van der Waals surface area contributed by atoms with Gasteiger partial charge in [0.15, 0.2) is 0 Å². The Balaban J connectivity index is 2.65. The van der Waals surface area contributed by atoms with Crippen LogP contribution in [0.4, 0.5) is 5.69 Å². The van der Waals surface area contributed by atoms with Gasteiger partial charge in [0.1, 0.15) is 7.85 Å². The number of benzene rings is 1. The lowest BCUT2D eigenvalue weighted by atomic mass is 9.80. The van der Waals surface area contributed by atoms with Gasteiger partial charge in [-0.15, -0.1) is 0 Å². The van der Waals surface area contributed by atoms with E-state index in [-0.39, 0.29) is 5.41 Å². The number of fused-ring (bicyclic) bond motifs is 1. The number of hydrogen-bond donors (Lipinski definition) is 0. The Kier molecular flexibility index (Phi) is 1.63. The van der Waals surface area contributed by atoms with Crippen LogP contribution in [-0.2, 0) is 5.41 Å². The predicted octanol–water partition coefficient (Wildman–Crippen LogP) is 1.86. The summed E-state index contributed by atoms with van der Waals surface area (Å²) < 4.78 is 0. The fourth-order valence-corrected chi connectivity index (χ4v) is 1.67. The molecule has 0 aliphatic carbocycles. The van der Waals surface area contributed by atoms with Crippen molar-refractivity contribution in [3.63, 3.8) is 0 Å². The van der Waals surface area contributed by atoms with Gasteiger partial charge in [-0.25, -0.2) is 0 Å². The first-order valence-electron chi connectivity index (χ1n) is 4.47. The standard InChI is InChI=1S/C11H12BN/c1-7-11(2,3)9-6-8(12)4-5-10(9)13-7/h4-6H,1-3H3. The number of aliphatic imine (C=N–C) groups is 1. The lowest BCUT2D eigenvalue weighted by molar-refractivity contribution is 0.734. The lowest BCUT2D eigenvalue weighted by Crippen LogP contribution is -2.23. The molecule has 0 N–H and O–H groups in total. The Hall–Kier alpha value is -1.05. The van der Waals surface area contributed by atoms with Crippen molar-refractivity contribution in [2.45, 2.75) is 26.2 Å². The molecule has 1 aromatic carbocycles. The van der Waals surface area contributed by atoms with E-state index in [1.807, 2.05) is 18.2 Å². The fraction of sp³-hybridized carbons (Fsp3) is 0.364. The molecule has 1 nitrogen and oxygen atoms in total. The van der Waals surface area contributed by atoms with Crippen LogP contribution in [0.3, 0.4) is 0 Å². The predicted molar refractivity (Wildman–Crippen MR) is 57.6 cm³/mol. The molecule has 0 saturated carbocycles. The van der Waals surface area contributed by atoms with Crippen LogP contribution < -0.4 is 5.46 Å². The molecule has 0 atom stereocenters. The van der Waals surface area contributed by atoms with Crippen molar-refractivity contribution in [2.75, 3.05) is 0 Å². The van der Waals surface area contributed by atoms with Crippen LogP contribution in [0.25, 0.3) is 0 Å². The highest BCUT2D eigenvalue weighted by Gasteiger charge is 2.31. The summed E-state index contributed by atoms with van der Waals surface area (Å²) in [5, 5.41) is 0.